The van der Waals surface area contributed by atoms with Crippen LogP contribution in [0.5, 0.6) is 0 Å². The molecule has 2 N–H and O–H groups in total. The van der Waals surface area contributed by atoms with Crippen LogP contribution in [-0.4, -0.2) is 16.4 Å². The Bertz CT molecular complexity index is 179. The average molecular weight is 184 g/mol. The van der Waals surface area contributed by atoms with E-state index in [0.717, 1.165) is 6.42 Å². The minimum Gasteiger partial charge on any atom is -0.450 e. The lowest BCUT2D eigenvalue weighted by Crippen LogP contribution is -1.81. The van der Waals surface area contributed by atoms with Crippen molar-refractivity contribution < 1.29 is 15.0 Å². The lowest BCUT2D eigenvalue weighted by molar-refractivity contribution is 0.137. The maximum absolute atomic E-state index is 8.56. The van der Waals surface area contributed by atoms with Crippen LogP contribution in [0.3, 0.4) is 0 Å². The van der Waals surface area contributed by atoms with Gasteiger partial charge in [0.15, 0.2) is 0 Å². The third kappa shape index (κ3) is 25.1. The molecule has 0 aliphatic rings. The molecule has 0 aromatic rings. The first-order valence-electron chi connectivity index (χ1n) is 3.86. The maximum Gasteiger partial charge on any atom is 0.503 e. The summed E-state index contributed by atoms with van der Waals surface area (Å²) < 4.78 is 0. The van der Waals surface area contributed by atoms with Crippen LogP contribution in [0.25, 0.3) is 0 Å². The van der Waals surface area contributed by atoms with E-state index in [1.54, 1.807) is 0 Å². The minimum atomic E-state index is -1.83. The summed E-state index contributed by atoms with van der Waals surface area (Å²) >= 11 is 0. The van der Waals surface area contributed by atoms with E-state index in [1.807, 2.05) is 12.2 Å². The molecule has 13 heavy (non-hydrogen) atoms. The van der Waals surface area contributed by atoms with E-state index < -0.39 is 6.16 Å². The van der Waals surface area contributed by atoms with Gasteiger partial charge < -0.3 is 10.2 Å². The van der Waals surface area contributed by atoms with Crippen molar-refractivity contribution in [1.82, 2.24) is 0 Å². The number of hydrogen-bond acceptors (Lipinski definition) is 1. The van der Waals surface area contributed by atoms with Crippen molar-refractivity contribution in [3.63, 3.8) is 0 Å². The topological polar surface area (TPSA) is 57.5 Å². The van der Waals surface area contributed by atoms with Crippen LogP contribution in [0.4, 0.5) is 4.79 Å². The molecule has 0 amide bonds. The van der Waals surface area contributed by atoms with Crippen molar-refractivity contribution in [3.05, 3.63) is 37.5 Å². The Morgan fingerprint density at radius 1 is 1.46 bits per heavy atom. The van der Waals surface area contributed by atoms with Gasteiger partial charge in [0.2, 0.25) is 0 Å². The summed E-state index contributed by atoms with van der Waals surface area (Å²) in [6.45, 7) is 9.37. The molecule has 0 aliphatic carbocycles. The second-order valence-corrected chi connectivity index (χ2v) is 2.33. The van der Waals surface area contributed by atoms with Gasteiger partial charge in [-0.15, -0.1) is 13.2 Å². The van der Waals surface area contributed by atoms with E-state index in [9.17, 15) is 0 Å². The van der Waals surface area contributed by atoms with Crippen molar-refractivity contribution >= 4 is 6.16 Å². The molecule has 0 radical (unpaired) electrons. The van der Waals surface area contributed by atoms with Gasteiger partial charge >= 0.3 is 6.16 Å². The van der Waals surface area contributed by atoms with Gasteiger partial charge in [-0.25, -0.2) is 4.79 Å². The SMILES string of the molecule is C=CCC=CC(C)C=C.O=C(O)O. The lowest BCUT2D eigenvalue weighted by Gasteiger charge is -1.92. The Balaban J connectivity index is 0. The van der Waals surface area contributed by atoms with Crippen LogP contribution in [0.15, 0.2) is 37.5 Å². The Morgan fingerprint density at radius 3 is 2.23 bits per heavy atom. The number of rotatable bonds is 4. The summed E-state index contributed by atoms with van der Waals surface area (Å²) in [5.74, 6) is 0.491. The zero-order chi connectivity index (χ0) is 10.7. The predicted octanol–water partition coefficient (Wildman–Crippen LogP) is 3.16. The zero-order valence-corrected chi connectivity index (χ0v) is 7.81. The van der Waals surface area contributed by atoms with Crippen molar-refractivity contribution in [2.75, 3.05) is 0 Å². The van der Waals surface area contributed by atoms with Gasteiger partial charge in [0, 0.05) is 0 Å². The summed E-state index contributed by atoms with van der Waals surface area (Å²) in [6, 6.07) is 0. The molecule has 74 valence electrons. The molecule has 0 aliphatic heterocycles. The van der Waals surface area contributed by atoms with Crippen LogP contribution in [0, 0.1) is 5.92 Å². The van der Waals surface area contributed by atoms with Crippen molar-refractivity contribution in [2.45, 2.75) is 13.3 Å². The molecule has 1 atom stereocenters. The Hall–Kier alpha value is -1.51. The van der Waals surface area contributed by atoms with Crippen molar-refractivity contribution in [2.24, 2.45) is 5.92 Å². The van der Waals surface area contributed by atoms with Crippen LogP contribution in [0.2, 0.25) is 0 Å². The highest BCUT2D eigenvalue weighted by Gasteiger charge is 1.83. The molecule has 0 aromatic carbocycles. The summed E-state index contributed by atoms with van der Waals surface area (Å²) in [5.41, 5.74) is 0. The molecule has 0 saturated carbocycles. The van der Waals surface area contributed by atoms with Crippen LogP contribution in [0.1, 0.15) is 13.3 Å². The monoisotopic (exact) mass is 184 g/mol. The average Bonchev–Trinajstić information content (AvgIpc) is 2.03. The highest BCUT2D eigenvalue weighted by molar-refractivity contribution is 5.53. The van der Waals surface area contributed by atoms with Gasteiger partial charge in [-0.1, -0.05) is 31.2 Å². The second-order valence-electron chi connectivity index (χ2n) is 2.33. The molecular weight excluding hydrogens is 168 g/mol. The summed E-state index contributed by atoms with van der Waals surface area (Å²) in [6.07, 6.45) is 7.14. The first kappa shape index (κ1) is 14.0. The molecule has 0 spiro atoms. The maximum atomic E-state index is 8.56. The standard InChI is InChI=1S/C9H14.CH2O3/c1-4-6-7-8-9(3)5-2;2-1(3)4/h4-5,7-9H,1-2,6H2,3H3;(H2,2,3,4). The number of hydrogen-bond donors (Lipinski definition) is 2. The molecule has 0 aromatic heterocycles. The number of carboxylic acid groups (broad SMARTS) is 2. The fourth-order valence-electron chi connectivity index (χ4n) is 0.468. The van der Waals surface area contributed by atoms with E-state index >= 15 is 0 Å². The van der Waals surface area contributed by atoms with Gasteiger partial charge in [0.25, 0.3) is 0 Å². The van der Waals surface area contributed by atoms with Crippen LogP contribution < -0.4 is 0 Å². The highest BCUT2D eigenvalue weighted by Crippen LogP contribution is 1.97. The van der Waals surface area contributed by atoms with Crippen molar-refractivity contribution in [3.8, 4) is 0 Å². The molecule has 0 rings (SSSR count). The molecule has 1 unspecified atom stereocenters. The van der Waals surface area contributed by atoms with E-state index in [1.165, 1.54) is 0 Å². The molecule has 3 heteroatoms. The Kier molecular flexibility index (Phi) is 11.3. The van der Waals surface area contributed by atoms with Gasteiger partial charge in [-0.2, -0.15) is 0 Å². The Labute approximate surface area is 78.7 Å². The quantitative estimate of drug-likeness (QED) is 0.660. The summed E-state index contributed by atoms with van der Waals surface area (Å²) in [7, 11) is 0. The minimum absolute atomic E-state index is 0.491. The Morgan fingerprint density at radius 2 is 1.92 bits per heavy atom. The van der Waals surface area contributed by atoms with Gasteiger partial charge in [0.05, 0.1) is 0 Å². The first-order chi connectivity index (χ1) is 6.04. The third-order valence-electron chi connectivity index (χ3n) is 1.11. The molecule has 0 bridgehead atoms. The number of carbonyl (C=O) groups is 1. The smallest absolute Gasteiger partial charge is 0.450 e. The summed E-state index contributed by atoms with van der Waals surface area (Å²) in [4.78, 5) is 8.56. The fourth-order valence-corrected chi connectivity index (χ4v) is 0.468. The summed E-state index contributed by atoms with van der Waals surface area (Å²) in [5, 5.41) is 13.9. The van der Waals surface area contributed by atoms with Gasteiger partial charge in [-0.3, -0.25) is 0 Å². The van der Waals surface area contributed by atoms with Crippen LogP contribution in [-0.2, 0) is 0 Å². The molecule has 0 saturated heterocycles. The normalized spacial score (nSPS) is 11.2. The van der Waals surface area contributed by atoms with Gasteiger partial charge in [-0.05, 0) is 12.3 Å². The lowest BCUT2D eigenvalue weighted by atomic mass is 10.1. The van der Waals surface area contributed by atoms with E-state index in [0.29, 0.717) is 5.92 Å². The molecular formula is C10H16O3. The van der Waals surface area contributed by atoms with Gasteiger partial charge in [0.1, 0.15) is 0 Å². The van der Waals surface area contributed by atoms with E-state index in [-0.39, 0.29) is 0 Å². The highest BCUT2D eigenvalue weighted by atomic mass is 16.6. The molecule has 3 nitrogen and oxygen atoms in total. The van der Waals surface area contributed by atoms with E-state index in [2.05, 4.69) is 32.2 Å². The van der Waals surface area contributed by atoms with Crippen molar-refractivity contribution in [1.29, 1.82) is 0 Å². The first-order valence-corrected chi connectivity index (χ1v) is 3.86. The largest absolute Gasteiger partial charge is 0.503 e. The van der Waals surface area contributed by atoms with Crippen LogP contribution >= 0.6 is 0 Å². The second kappa shape index (κ2) is 10.5. The molecule has 0 fully saturated rings. The van der Waals surface area contributed by atoms with E-state index in [4.69, 9.17) is 15.0 Å². The molecule has 0 heterocycles. The zero-order valence-electron chi connectivity index (χ0n) is 7.81. The predicted molar refractivity (Wildman–Crippen MR) is 54.0 cm³/mol. The fraction of sp³-hybridized carbons (Fsp3) is 0.300. The third-order valence-corrected chi connectivity index (χ3v) is 1.11. The number of allylic oxidation sites excluding steroid dienone is 4.